The second-order valence-electron chi connectivity index (χ2n) is 5.47. The van der Waals surface area contributed by atoms with Gasteiger partial charge in [0, 0.05) is 21.4 Å². The van der Waals surface area contributed by atoms with Crippen molar-refractivity contribution in [3.63, 3.8) is 0 Å². The zero-order chi connectivity index (χ0) is 20.5. The van der Waals surface area contributed by atoms with Gasteiger partial charge in [-0.05, 0) is 39.8 Å². The molecule has 0 aliphatic carbocycles. The van der Waals surface area contributed by atoms with Crippen LogP contribution in [0.15, 0.2) is 35.9 Å². The molecule has 0 spiro atoms. The Hall–Kier alpha value is -0.120. The molecule has 2 aromatic heterocycles. The summed E-state index contributed by atoms with van der Waals surface area (Å²) < 4.78 is 1.95. The molecule has 1 aliphatic rings. The third kappa shape index (κ3) is 5.77. The van der Waals surface area contributed by atoms with Crippen LogP contribution in [-0.2, 0) is 28.6 Å². The van der Waals surface area contributed by atoms with Crippen molar-refractivity contribution in [3.8, 4) is 0 Å². The summed E-state index contributed by atoms with van der Waals surface area (Å²) in [6.45, 7) is 3.70. The zero-order valence-electron chi connectivity index (χ0n) is 15.6. The number of aliphatic carboxylic acids is 2. The van der Waals surface area contributed by atoms with E-state index in [0.29, 0.717) is 20.1 Å². The van der Waals surface area contributed by atoms with Crippen molar-refractivity contribution in [1.82, 2.24) is 9.97 Å². The van der Waals surface area contributed by atoms with Gasteiger partial charge in [-0.25, -0.2) is 9.97 Å². The van der Waals surface area contributed by atoms with E-state index in [0.717, 1.165) is 14.1 Å². The van der Waals surface area contributed by atoms with E-state index in [2.05, 4.69) is 15.0 Å². The van der Waals surface area contributed by atoms with E-state index in [9.17, 15) is 14.7 Å². The van der Waals surface area contributed by atoms with Gasteiger partial charge < -0.3 is 22.8 Å². The van der Waals surface area contributed by atoms with Gasteiger partial charge in [0.25, 0.3) is 0 Å². The first kappa shape index (κ1) is 25.1. The van der Waals surface area contributed by atoms with E-state index in [4.69, 9.17) is 17.7 Å². The van der Waals surface area contributed by atoms with Crippen LogP contribution in [0.3, 0.4) is 0 Å². The van der Waals surface area contributed by atoms with Gasteiger partial charge >= 0.3 is 41.5 Å². The van der Waals surface area contributed by atoms with Crippen LogP contribution in [0.25, 0.3) is 0 Å². The summed E-state index contributed by atoms with van der Waals surface area (Å²) in [5.74, 6) is -1.90. The molecule has 1 aliphatic heterocycles. The van der Waals surface area contributed by atoms with Crippen LogP contribution in [0.5, 0.6) is 0 Å². The summed E-state index contributed by atoms with van der Waals surface area (Å²) in [4.78, 5) is 37.2. The number of hydrogen-bond donors (Lipinski definition) is 2. The number of hydrogen-bond acceptors (Lipinski definition) is 10. The van der Waals surface area contributed by atoms with Crippen molar-refractivity contribution in [2.75, 3.05) is 0 Å². The fourth-order valence-corrected chi connectivity index (χ4v) is 15.5. The Kier molecular flexibility index (Phi) is 9.07. The van der Waals surface area contributed by atoms with Crippen molar-refractivity contribution in [3.05, 3.63) is 32.8 Å². The maximum absolute atomic E-state index is 11.2. The van der Waals surface area contributed by atoms with Gasteiger partial charge in [0.2, 0.25) is 0 Å². The third-order valence-electron chi connectivity index (χ3n) is 3.56. The molecule has 0 bridgehead atoms. The molecule has 0 aromatic carbocycles. The molecule has 0 radical (unpaired) electrons. The summed E-state index contributed by atoms with van der Waals surface area (Å²) in [6, 6.07) is 0. The van der Waals surface area contributed by atoms with Crippen LogP contribution < -0.4 is 29.6 Å². The Bertz CT molecular complexity index is 990. The SMILES string of the molecule is CC1=C(CC(=O)O)N=C([S-])S1(Sc1nccs1)Sc1nc(CC(=O)O)c(C)s1.[Na+]. The zero-order valence-corrected chi connectivity index (χ0v) is 22.5. The Labute approximate surface area is 211 Å². The minimum absolute atomic E-state index is 0. The molecule has 2 N–H and O–H groups in total. The summed E-state index contributed by atoms with van der Waals surface area (Å²) in [5, 5.41) is 20.1. The number of aromatic nitrogens is 2. The molecular formula is C15H14N3NaO4S6. The Morgan fingerprint density at radius 3 is 2.41 bits per heavy atom. The van der Waals surface area contributed by atoms with Crippen LogP contribution in [0, 0.1) is 6.92 Å². The van der Waals surface area contributed by atoms with Gasteiger partial charge in [-0.15, -0.1) is 22.7 Å². The maximum Gasteiger partial charge on any atom is 1.00 e. The summed E-state index contributed by atoms with van der Waals surface area (Å²) in [6.07, 6.45) is 1.37. The second-order valence-corrected chi connectivity index (χ2v) is 16.5. The van der Waals surface area contributed by atoms with E-state index in [1.807, 2.05) is 19.2 Å². The van der Waals surface area contributed by atoms with Crippen molar-refractivity contribution < 1.29 is 49.4 Å². The van der Waals surface area contributed by atoms with Crippen LogP contribution in [-0.4, -0.2) is 36.5 Å². The molecule has 2 aromatic rings. The first-order valence-corrected chi connectivity index (χ1v) is 14.1. The average molecular weight is 516 g/mol. The van der Waals surface area contributed by atoms with Crippen LogP contribution in [0.4, 0.5) is 0 Å². The van der Waals surface area contributed by atoms with E-state index < -0.39 is 20.0 Å². The van der Waals surface area contributed by atoms with Gasteiger partial charge in [-0.3, -0.25) is 14.6 Å². The summed E-state index contributed by atoms with van der Waals surface area (Å²) in [5.41, 5.74) is 1.00. The fraction of sp³-hybridized carbons (Fsp3) is 0.267. The normalized spacial score (nSPS) is 20.7. The van der Waals surface area contributed by atoms with Gasteiger partial charge in [-0.1, -0.05) is 8.09 Å². The molecule has 0 saturated carbocycles. The van der Waals surface area contributed by atoms with E-state index in [1.54, 1.807) is 6.20 Å². The Balaban J connectivity index is 0.00000300. The Morgan fingerprint density at radius 2 is 1.83 bits per heavy atom. The number of allylic oxidation sites excluding steroid dienone is 1. The molecule has 3 rings (SSSR count). The van der Waals surface area contributed by atoms with E-state index >= 15 is 0 Å². The van der Waals surface area contributed by atoms with Crippen molar-refractivity contribution in [2.24, 2.45) is 4.99 Å². The summed E-state index contributed by atoms with van der Waals surface area (Å²) in [7, 11) is 0.984. The van der Waals surface area contributed by atoms with Crippen LogP contribution in [0.1, 0.15) is 23.9 Å². The van der Waals surface area contributed by atoms with Gasteiger partial charge in [0.15, 0.2) is 8.68 Å². The van der Waals surface area contributed by atoms with Crippen molar-refractivity contribution in [1.29, 1.82) is 0 Å². The van der Waals surface area contributed by atoms with E-state index in [-0.39, 0.29) is 42.4 Å². The number of thiazole rings is 2. The van der Waals surface area contributed by atoms with Crippen molar-refractivity contribution in [2.45, 2.75) is 35.4 Å². The number of aliphatic imine (C=N–C) groups is 1. The number of carboxylic acids is 2. The van der Waals surface area contributed by atoms with E-state index in [1.165, 1.54) is 44.3 Å². The maximum atomic E-state index is 11.2. The molecule has 0 saturated heterocycles. The first-order chi connectivity index (χ1) is 13.2. The molecule has 29 heavy (non-hydrogen) atoms. The smallest absolute Gasteiger partial charge is 0.753 e. The number of rotatable bonds is 8. The monoisotopic (exact) mass is 515 g/mol. The fourth-order valence-electron chi connectivity index (χ4n) is 2.25. The molecule has 1 atom stereocenters. The molecule has 1 unspecified atom stereocenters. The third-order valence-corrected chi connectivity index (χ3v) is 16.7. The van der Waals surface area contributed by atoms with Gasteiger partial charge in [0.05, 0.1) is 24.2 Å². The topological polar surface area (TPSA) is 113 Å². The number of nitrogens with zero attached hydrogens (tertiary/aromatic N) is 3. The standard InChI is InChI=1S/C15H15N3O4S6.Na/c1-7-9(5-11(19)20)18-15(25-7)27-28(26-14-16-3-4-24-14)8(2)10(6-12(21)22)17-13(28)23;/h3-4H,5-6H2,1-2H3,(H,17,23)(H,19,20)(H,21,22);/q;+1/p-1. The minimum Gasteiger partial charge on any atom is -0.753 e. The number of aryl methyl sites for hydroxylation is 1. The predicted molar refractivity (Wildman–Crippen MR) is 119 cm³/mol. The predicted octanol–water partition coefficient (Wildman–Crippen LogP) is 1.68. The molecule has 0 fully saturated rings. The molecular weight excluding hydrogens is 502 g/mol. The van der Waals surface area contributed by atoms with Crippen molar-refractivity contribution >= 4 is 81.3 Å². The second kappa shape index (κ2) is 10.5. The molecule has 0 amide bonds. The molecule has 150 valence electrons. The quantitative estimate of drug-likeness (QED) is 0.308. The number of carbonyl (C=O) groups is 2. The summed E-state index contributed by atoms with van der Waals surface area (Å²) >= 11 is 8.49. The number of carboxylic acid groups (broad SMARTS) is 2. The van der Waals surface area contributed by atoms with Gasteiger partial charge in [0.1, 0.15) is 0 Å². The average Bonchev–Trinajstić information content (AvgIpc) is 3.26. The van der Waals surface area contributed by atoms with Crippen LogP contribution in [0.2, 0.25) is 0 Å². The molecule has 7 nitrogen and oxygen atoms in total. The van der Waals surface area contributed by atoms with Crippen LogP contribution >= 0.6 is 52.4 Å². The Morgan fingerprint density at radius 1 is 1.17 bits per heavy atom. The minimum atomic E-state index is -1.96. The van der Waals surface area contributed by atoms with Gasteiger partial charge in [-0.2, -0.15) is 0 Å². The largest absolute Gasteiger partial charge is 1.00 e. The molecule has 14 heteroatoms. The first-order valence-electron chi connectivity index (χ1n) is 7.68. The molecule has 3 heterocycles.